The van der Waals surface area contributed by atoms with Crippen LogP contribution in [0.4, 0.5) is 0 Å². The predicted molar refractivity (Wildman–Crippen MR) is 107 cm³/mol. The highest BCUT2D eigenvalue weighted by molar-refractivity contribution is 14.0. The Kier molecular flexibility index (Phi) is 10.2. The van der Waals surface area contributed by atoms with E-state index in [0.717, 1.165) is 63.7 Å². The second-order valence-electron chi connectivity index (χ2n) is 6.00. The third kappa shape index (κ3) is 6.92. The van der Waals surface area contributed by atoms with E-state index >= 15 is 0 Å². The Morgan fingerprint density at radius 1 is 1.50 bits per heavy atom. The lowest BCUT2D eigenvalue weighted by molar-refractivity contribution is 0.117. The molecule has 0 aromatic carbocycles. The van der Waals surface area contributed by atoms with Crippen molar-refractivity contribution in [1.29, 1.82) is 0 Å². The summed E-state index contributed by atoms with van der Waals surface area (Å²) in [4.78, 5) is 4.68. The minimum Gasteiger partial charge on any atom is -0.376 e. The first kappa shape index (κ1) is 21.1. The number of hydrogen-bond donors (Lipinski definition) is 2. The van der Waals surface area contributed by atoms with Crippen LogP contribution >= 0.6 is 24.0 Å². The highest BCUT2D eigenvalue weighted by Gasteiger charge is 2.15. The number of nitrogens with one attached hydrogen (secondary N) is 2. The number of guanidine groups is 1. The molecule has 1 saturated heterocycles. The first-order chi connectivity index (χ1) is 11.2. The van der Waals surface area contributed by atoms with Gasteiger partial charge in [-0.05, 0) is 26.2 Å². The molecule has 2 unspecified atom stereocenters. The van der Waals surface area contributed by atoms with Crippen LogP contribution in [-0.2, 0) is 17.7 Å². The molecule has 7 nitrogen and oxygen atoms in total. The predicted octanol–water partition coefficient (Wildman–Crippen LogP) is 1.97. The number of hydrogen-bond acceptors (Lipinski definition) is 4. The smallest absolute Gasteiger partial charge is 0.191 e. The number of aryl methyl sites for hydroxylation is 1. The summed E-state index contributed by atoms with van der Waals surface area (Å²) in [5, 5.41) is 14.9. The maximum Gasteiger partial charge on any atom is 0.191 e. The monoisotopic (exact) mass is 450 g/mol. The van der Waals surface area contributed by atoms with Crippen LogP contribution in [0.3, 0.4) is 0 Å². The van der Waals surface area contributed by atoms with Crippen molar-refractivity contribution in [2.24, 2.45) is 4.99 Å². The van der Waals surface area contributed by atoms with Crippen molar-refractivity contribution in [1.82, 2.24) is 25.4 Å². The number of aliphatic imine (C=N–C) groups is 1. The summed E-state index contributed by atoms with van der Waals surface area (Å²) in [5.41, 5.74) is 0. The Morgan fingerprint density at radius 3 is 3.00 bits per heavy atom. The van der Waals surface area contributed by atoms with Gasteiger partial charge in [-0.1, -0.05) is 13.8 Å². The van der Waals surface area contributed by atoms with Gasteiger partial charge in [0.15, 0.2) is 5.96 Å². The van der Waals surface area contributed by atoms with E-state index in [4.69, 9.17) is 4.74 Å². The Labute approximate surface area is 162 Å². The fourth-order valence-electron chi connectivity index (χ4n) is 2.50. The molecule has 0 aliphatic carbocycles. The van der Waals surface area contributed by atoms with Gasteiger partial charge >= 0.3 is 0 Å². The summed E-state index contributed by atoms with van der Waals surface area (Å²) in [6.07, 6.45) is 6.27. The maximum atomic E-state index is 5.65. The van der Waals surface area contributed by atoms with Crippen LogP contribution < -0.4 is 10.6 Å². The fourth-order valence-corrected chi connectivity index (χ4v) is 2.50. The first-order valence-corrected chi connectivity index (χ1v) is 8.76. The van der Waals surface area contributed by atoms with Crippen LogP contribution in [0, 0.1) is 0 Å². The lowest BCUT2D eigenvalue weighted by atomic mass is 10.2. The molecule has 8 heteroatoms. The van der Waals surface area contributed by atoms with E-state index in [1.165, 1.54) is 0 Å². The highest BCUT2D eigenvalue weighted by atomic mass is 127. The van der Waals surface area contributed by atoms with Gasteiger partial charge in [0.05, 0.1) is 12.6 Å². The largest absolute Gasteiger partial charge is 0.376 e. The molecule has 1 aromatic heterocycles. The van der Waals surface area contributed by atoms with Crippen LogP contribution in [0.15, 0.2) is 11.3 Å². The molecule has 2 atom stereocenters. The molecule has 0 saturated carbocycles. The van der Waals surface area contributed by atoms with Crippen molar-refractivity contribution in [3.63, 3.8) is 0 Å². The van der Waals surface area contributed by atoms with Gasteiger partial charge in [0.2, 0.25) is 0 Å². The van der Waals surface area contributed by atoms with Gasteiger partial charge in [-0.25, -0.2) is 0 Å². The lowest BCUT2D eigenvalue weighted by Crippen LogP contribution is -2.43. The Bertz CT molecular complexity index is 487. The van der Waals surface area contributed by atoms with Gasteiger partial charge < -0.3 is 19.9 Å². The van der Waals surface area contributed by atoms with Crippen molar-refractivity contribution in [3.05, 3.63) is 12.2 Å². The Balaban J connectivity index is 0.00000288. The van der Waals surface area contributed by atoms with Crippen LogP contribution in [-0.4, -0.2) is 52.6 Å². The molecule has 2 heterocycles. The summed E-state index contributed by atoms with van der Waals surface area (Å²) in [7, 11) is 0. The van der Waals surface area contributed by atoms with Gasteiger partial charge in [0.1, 0.15) is 12.2 Å². The van der Waals surface area contributed by atoms with Crippen LogP contribution in [0.2, 0.25) is 0 Å². The number of nitrogens with zero attached hydrogens (tertiary/aromatic N) is 4. The molecule has 1 aromatic rings. The first-order valence-electron chi connectivity index (χ1n) is 8.76. The molecule has 138 valence electrons. The summed E-state index contributed by atoms with van der Waals surface area (Å²) < 4.78 is 7.72. The number of halogens is 1. The van der Waals surface area contributed by atoms with E-state index < -0.39 is 0 Å². The standard InChI is InChI=1S/C16H30N6O.HI/c1-4-13(3)20-16(18-11-14-7-6-10-23-14)17-8-9-22-12-19-21-15(22)5-2;/h12-14H,4-11H2,1-3H3,(H2,17,18,20);1H. The van der Waals surface area contributed by atoms with Crippen molar-refractivity contribution in [2.45, 2.75) is 65.1 Å². The molecule has 1 aliphatic heterocycles. The fraction of sp³-hybridized carbons (Fsp3) is 0.812. The molecular weight excluding hydrogens is 419 g/mol. The van der Waals surface area contributed by atoms with E-state index in [1.807, 2.05) is 0 Å². The summed E-state index contributed by atoms with van der Waals surface area (Å²) >= 11 is 0. The third-order valence-corrected chi connectivity index (χ3v) is 4.13. The summed E-state index contributed by atoms with van der Waals surface area (Å²) in [6.45, 7) is 9.63. The normalized spacial score (nSPS) is 19.0. The lowest BCUT2D eigenvalue weighted by Gasteiger charge is -2.18. The van der Waals surface area contributed by atoms with E-state index in [9.17, 15) is 0 Å². The van der Waals surface area contributed by atoms with Gasteiger partial charge in [-0.3, -0.25) is 4.99 Å². The van der Waals surface area contributed by atoms with Crippen LogP contribution in [0.1, 0.15) is 45.9 Å². The minimum atomic E-state index is 0. The zero-order chi connectivity index (χ0) is 16.5. The number of aromatic nitrogens is 3. The van der Waals surface area contributed by atoms with E-state index in [2.05, 4.69) is 51.2 Å². The zero-order valence-electron chi connectivity index (χ0n) is 15.0. The van der Waals surface area contributed by atoms with Crippen LogP contribution in [0.25, 0.3) is 0 Å². The molecule has 2 rings (SSSR count). The summed E-state index contributed by atoms with van der Waals surface area (Å²) in [5.74, 6) is 1.88. The molecule has 0 spiro atoms. The van der Waals surface area contributed by atoms with E-state index in [0.29, 0.717) is 6.04 Å². The van der Waals surface area contributed by atoms with Gasteiger partial charge in [-0.2, -0.15) is 0 Å². The highest BCUT2D eigenvalue weighted by Crippen LogP contribution is 2.11. The quantitative estimate of drug-likeness (QED) is 0.360. The van der Waals surface area contributed by atoms with Crippen molar-refractivity contribution in [2.75, 3.05) is 19.7 Å². The molecule has 0 bridgehead atoms. The molecule has 0 amide bonds. The van der Waals surface area contributed by atoms with Crippen molar-refractivity contribution in [3.8, 4) is 0 Å². The third-order valence-electron chi connectivity index (χ3n) is 4.13. The topological polar surface area (TPSA) is 76.4 Å². The Hall–Kier alpha value is -0.900. The van der Waals surface area contributed by atoms with Gasteiger partial charge in [0, 0.05) is 32.2 Å². The van der Waals surface area contributed by atoms with Gasteiger partial charge in [-0.15, -0.1) is 34.2 Å². The molecule has 2 N–H and O–H groups in total. The molecular formula is C16H31IN6O. The van der Waals surface area contributed by atoms with E-state index in [1.54, 1.807) is 6.33 Å². The molecule has 24 heavy (non-hydrogen) atoms. The van der Waals surface area contributed by atoms with Gasteiger partial charge in [0.25, 0.3) is 0 Å². The van der Waals surface area contributed by atoms with Crippen LogP contribution in [0.5, 0.6) is 0 Å². The minimum absolute atomic E-state index is 0. The molecule has 1 fully saturated rings. The summed E-state index contributed by atoms with van der Waals surface area (Å²) in [6, 6.07) is 0.395. The second-order valence-corrected chi connectivity index (χ2v) is 6.00. The molecule has 0 radical (unpaired) electrons. The number of ether oxygens (including phenoxy) is 1. The zero-order valence-corrected chi connectivity index (χ0v) is 17.3. The second kappa shape index (κ2) is 11.6. The van der Waals surface area contributed by atoms with Crippen molar-refractivity contribution >= 4 is 29.9 Å². The average molecular weight is 450 g/mol. The Morgan fingerprint density at radius 2 is 2.33 bits per heavy atom. The SMILES string of the molecule is CCc1nncn1CCNC(=NCC1CCCO1)NC(C)CC.I. The number of rotatable bonds is 8. The van der Waals surface area contributed by atoms with E-state index in [-0.39, 0.29) is 30.1 Å². The average Bonchev–Trinajstić information content (AvgIpc) is 3.23. The van der Waals surface area contributed by atoms with Crippen molar-refractivity contribution < 1.29 is 4.74 Å². The molecule has 1 aliphatic rings. The maximum absolute atomic E-state index is 5.65.